The van der Waals surface area contributed by atoms with Crippen LogP contribution in [0.4, 0.5) is 0 Å². The van der Waals surface area contributed by atoms with Crippen molar-refractivity contribution < 1.29 is 9.32 Å². The molecule has 1 saturated heterocycles. The van der Waals surface area contributed by atoms with Crippen LogP contribution in [-0.4, -0.2) is 52.1 Å². The van der Waals surface area contributed by atoms with Crippen LogP contribution in [0, 0.1) is 0 Å². The number of piperidine rings is 1. The first-order valence-corrected chi connectivity index (χ1v) is 10.5. The van der Waals surface area contributed by atoms with Crippen molar-refractivity contribution in [1.29, 1.82) is 0 Å². The molecule has 3 rings (SSSR count). The molecule has 2 atom stereocenters. The lowest BCUT2D eigenvalue weighted by atomic mass is 9.97. The summed E-state index contributed by atoms with van der Waals surface area (Å²) in [5, 5.41) is 4.74. The Morgan fingerprint density at radius 2 is 2.23 bits per heavy atom. The van der Waals surface area contributed by atoms with Crippen LogP contribution in [0.2, 0.25) is 5.02 Å². The second kappa shape index (κ2) is 8.88. The van der Waals surface area contributed by atoms with E-state index in [1.165, 1.54) is 0 Å². The van der Waals surface area contributed by atoms with Gasteiger partial charge < -0.3 is 15.2 Å². The Kier molecular flexibility index (Phi) is 6.56. The van der Waals surface area contributed by atoms with Crippen molar-refractivity contribution in [3.63, 3.8) is 0 Å². The molecule has 1 aromatic carbocycles. The van der Waals surface area contributed by atoms with Crippen LogP contribution < -0.4 is 5.73 Å². The number of benzene rings is 1. The Hall–Kier alpha value is -1.57. The first-order valence-electron chi connectivity index (χ1n) is 8.71. The lowest BCUT2D eigenvalue weighted by Crippen LogP contribution is -2.47. The van der Waals surface area contributed by atoms with Crippen LogP contribution >= 0.6 is 23.4 Å². The summed E-state index contributed by atoms with van der Waals surface area (Å²) in [5.74, 6) is 2.07. The molecule has 0 saturated carbocycles. The Labute approximate surface area is 162 Å². The van der Waals surface area contributed by atoms with Crippen molar-refractivity contribution in [3.8, 4) is 11.4 Å². The van der Waals surface area contributed by atoms with E-state index in [1.54, 1.807) is 23.9 Å². The van der Waals surface area contributed by atoms with Gasteiger partial charge in [-0.15, -0.1) is 0 Å². The molecule has 1 amide bonds. The van der Waals surface area contributed by atoms with Crippen LogP contribution in [0.5, 0.6) is 0 Å². The number of carbonyl (C=O) groups is 1. The number of halogens is 1. The van der Waals surface area contributed by atoms with Crippen LogP contribution in [0.3, 0.4) is 0 Å². The zero-order valence-corrected chi connectivity index (χ0v) is 16.3. The normalized spacial score (nSPS) is 18.7. The summed E-state index contributed by atoms with van der Waals surface area (Å²) in [6.45, 7) is 1.31. The SMILES string of the molecule is CSCC[C@H](N)C(=O)N1CCCC(c2nc(-c3ccc(Cl)cc3)no2)C1. The molecule has 1 fully saturated rings. The predicted octanol–water partition coefficient (Wildman–Crippen LogP) is 3.18. The zero-order valence-electron chi connectivity index (χ0n) is 14.7. The number of thioether (sulfide) groups is 1. The molecule has 2 heterocycles. The highest BCUT2D eigenvalue weighted by atomic mass is 35.5. The lowest BCUT2D eigenvalue weighted by molar-refractivity contribution is -0.133. The molecule has 0 spiro atoms. The zero-order chi connectivity index (χ0) is 18.5. The van der Waals surface area contributed by atoms with Gasteiger partial charge in [0.05, 0.1) is 12.0 Å². The van der Waals surface area contributed by atoms with E-state index in [0.717, 1.165) is 30.7 Å². The minimum Gasteiger partial charge on any atom is -0.341 e. The van der Waals surface area contributed by atoms with Gasteiger partial charge in [0, 0.05) is 23.7 Å². The highest BCUT2D eigenvalue weighted by molar-refractivity contribution is 7.98. The second-order valence-electron chi connectivity index (χ2n) is 6.47. The van der Waals surface area contributed by atoms with Crippen LogP contribution in [-0.2, 0) is 4.79 Å². The number of hydrogen-bond donors (Lipinski definition) is 1. The first kappa shape index (κ1) is 19.2. The van der Waals surface area contributed by atoms with Crippen molar-refractivity contribution in [3.05, 3.63) is 35.2 Å². The second-order valence-corrected chi connectivity index (χ2v) is 7.90. The molecule has 26 heavy (non-hydrogen) atoms. The van der Waals surface area contributed by atoms with E-state index in [-0.39, 0.29) is 11.8 Å². The number of likely N-dealkylation sites (tertiary alicyclic amines) is 1. The molecular formula is C18H23ClN4O2S. The van der Waals surface area contributed by atoms with E-state index in [2.05, 4.69) is 10.1 Å². The standard InChI is InChI=1S/C18H23ClN4O2S/c1-26-10-8-15(20)18(24)23-9-2-3-13(11-23)17-21-16(22-25-17)12-4-6-14(19)7-5-12/h4-7,13,15H,2-3,8-11,20H2,1H3/t13?,15-/m0/s1. The van der Waals surface area contributed by atoms with Gasteiger partial charge in [0.1, 0.15) is 0 Å². The van der Waals surface area contributed by atoms with Gasteiger partial charge >= 0.3 is 0 Å². The molecule has 1 aromatic heterocycles. The maximum atomic E-state index is 12.6. The molecule has 1 unspecified atom stereocenters. The van der Waals surface area contributed by atoms with Crippen molar-refractivity contribution in [2.45, 2.75) is 31.2 Å². The Bertz CT molecular complexity index is 737. The molecule has 1 aliphatic rings. The van der Waals surface area contributed by atoms with Crippen LogP contribution in [0.15, 0.2) is 28.8 Å². The molecule has 140 valence electrons. The number of nitrogens with zero attached hydrogens (tertiary/aromatic N) is 3. The first-order chi connectivity index (χ1) is 12.6. The van der Waals surface area contributed by atoms with Crippen LogP contribution in [0.25, 0.3) is 11.4 Å². The average molecular weight is 395 g/mol. The van der Waals surface area contributed by atoms with Crippen molar-refractivity contribution in [1.82, 2.24) is 15.0 Å². The number of hydrogen-bond acceptors (Lipinski definition) is 6. The van der Waals surface area contributed by atoms with Gasteiger partial charge in [0.2, 0.25) is 17.6 Å². The fraction of sp³-hybridized carbons (Fsp3) is 0.500. The Morgan fingerprint density at radius 1 is 1.46 bits per heavy atom. The lowest BCUT2D eigenvalue weighted by Gasteiger charge is -2.32. The van der Waals surface area contributed by atoms with E-state index < -0.39 is 6.04 Å². The number of nitrogens with two attached hydrogens (primary N) is 1. The summed E-state index contributed by atoms with van der Waals surface area (Å²) < 4.78 is 5.48. The topological polar surface area (TPSA) is 85.3 Å². The van der Waals surface area contributed by atoms with Crippen molar-refractivity contribution >= 4 is 29.3 Å². The summed E-state index contributed by atoms with van der Waals surface area (Å²) in [6, 6.07) is 6.87. The van der Waals surface area contributed by atoms with Gasteiger partial charge in [-0.2, -0.15) is 16.7 Å². The Balaban J connectivity index is 1.66. The summed E-state index contributed by atoms with van der Waals surface area (Å²) in [5.41, 5.74) is 6.90. The van der Waals surface area contributed by atoms with E-state index >= 15 is 0 Å². The minimum absolute atomic E-state index is 0.0150. The summed E-state index contributed by atoms with van der Waals surface area (Å²) in [6.07, 6.45) is 4.54. The van der Waals surface area contributed by atoms with Gasteiger partial charge in [0.15, 0.2) is 0 Å². The van der Waals surface area contributed by atoms with E-state index in [4.69, 9.17) is 21.9 Å². The molecule has 0 radical (unpaired) electrons. The largest absolute Gasteiger partial charge is 0.341 e. The fourth-order valence-corrected chi connectivity index (χ4v) is 3.71. The molecule has 0 bridgehead atoms. The maximum absolute atomic E-state index is 12.6. The molecule has 2 aromatic rings. The number of aromatic nitrogens is 2. The third kappa shape index (κ3) is 4.58. The minimum atomic E-state index is -0.437. The van der Waals surface area contributed by atoms with E-state index in [0.29, 0.717) is 29.7 Å². The van der Waals surface area contributed by atoms with Crippen LogP contribution in [0.1, 0.15) is 31.1 Å². The third-order valence-electron chi connectivity index (χ3n) is 4.58. The fourth-order valence-electron chi connectivity index (χ4n) is 3.10. The highest BCUT2D eigenvalue weighted by Gasteiger charge is 2.30. The van der Waals surface area contributed by atoms with E-state index in [9.17, 15) is 4.79 Å². The molecule has 0 aliphatic carbocycles. The van der Waals surface area contributed by atoms with E-state index in [1.807, 2.05) is 23.3 Å². The maximum Gasteiger partial charge on any atom is 0.239 e. The van der Waals surface area contributed by atoms with Gasteiger partial charge in [-0.3, -0.25) is 4.79 Å². The highest BCUT2D eigenvalue weighted by Crippen LogP contribution is 2.28. The van der Waals surface area contributed by atoms with Gasteiger partial charge in [-0.05, 0) is 55.5 Å². The van der Waals surface area contributed by atoms with Gasteiger partial charge in [0.25, 0.3) is 0 Å². The smallest absolute Gasteiger partial charge is 0.239 e. The average Bonchev–Trinajstić information content (AvgIpc) is 3.16. The predicted molar refractivity (Wildman–Crippen MR) is 104 cm³/mol. The number of rotatable bonds is 6. The molecule has 6 nitrogen and oxygen atoms in total. The number of amides is 1. The monoisotopic (exact) mass is 394 g/mol. The quantitative estimate of drug-likeness (QED) is 0.809. The summed E-state index contributed by atoms with van der Waals surface area (Å²) in [7, 11) is 0. The number of carbonyl (C=O) groups excluding carboxylic acids is 1. The third-order valence-corrected chi connectivity index (χ3v) is 5.47. The summed E-state index contributed by atoms with van der Waals surface area (Å²) in [4.78, 5) is 18.9. The summed E-state index contributed by atoms with van der Waals surface area (Å²) >= 11 is 7.62. The molecule has 1 aliphatic heterocycles. The van der Waals surface area contributed by atoms with Crippen molar-refractivity contribution in [2.75, 3.05) is 25.1 Å². The Morgan fingerprint density at radius 3 is 2.96 bits per heavy atom. The molecular weight excluding hydrogens is 372 g/mol. The van der Waals surface area contributed by atoms with Crippen molar-refractivity contribution in [2.24, 2.45) is 5.73 Å². The van der Waals surface area contributed by atoms with Gasteiger partial charge in [-0.25, -0.2) is 0 Å². The van der Waals surface area contributed by atoms with Gasteiger partial charge in [-0.1, -0.05) is 16.8 Å². The molecule has 2 N–H and O–H groups in total. The molecule has 8 heteroatoms.